The van der Waals surface area contributed by atoms with Gasteiger partial charge in [-0.2, -0.15) is 9.97 Å². The van der Waals surface area contributed by atoms with Gasteiger partial charge in [0.1, 0.15) is 16.4 Å². The number of hydrogen-bond donors (Lipinski definition) is 1. The molecule has 0 unspecified atom stereocenters. The minimum absolute atomic E-state index is 0.0272. The summed E-state index contributed by atoms with van der Waals surface area (Å²) in [6.45, 7) is 0.492. The molecule has 1 aliphatic rings. The Kier molecular flexibility index (Phi) is 5.97. The molecule has 0 fully saturated rings. The molecule has 0 saturated heterocycles. The zero-order valence-electron chi connectivity index (χ0n) is 15.5. The highest BCUT2D eigenvalue weighted by Crippen LogP contribution is 2.24. The van der Waals surface area contributed by atoms with Crippen LogP contribution in [0.5, 0.6) is 12.0 Å². The van der Waals surface area contributed by atoms with Crippen molar-refractivity contribution < 1.29 is 32.3 Å². The van der Waals surface area contributed by atoms with Crippen LogP contribution in [0.3, 0.4) is 0 Å². The van der Waals surface area contributed by atoms with Crippen LogP contribution in [0.2, 0.25) is 0 Å². The molecule has 0 atom stereocenters. The molecule has 0 aliphatic carbocycles. The summed E-state index contributed by atoms with van der Waals surface area (Å²) >= 11 is 1.08. The molecule has 0 spiro atoms. The third-order valence-electron chi connectivity index (χ3n) is 3.45. The number of rotatable bonds is 6. The van der Waals surface area contributed by atoms with Gasteiger partial charge in [0.25, 0.3) is 15.9 Å². The zero-order chi connectivity index (χ0) is 21.0. The van der Waals surface area contributed by atoms with Gasteiger partial charge >= 0.3 is 18.1 Å². The number of oxime groups is 1. The highest BCUT2D eigenvalue weighted by atomic mass is 32.2. The standard InChI is InChI=1S/C14H16N6O7S2/c1-20(11-15-12(24-2)17-13(16-11)25-3)14(21)19-29(22,23)8-4-7-28-9(8)10-18-27-6-5-26-10/h4,7H,5-6H2,1-3H3,(H,19,21). The number of anilines is 1. The molecular weight excluding hydrogens is 428 g/mol. The first-order chi connectivity index (χ1) is 13.9. The Hall–Kier alpha value is -3.20. The van der Waals surface area contributed by atoms with E-state index in [9.17, 15) is 13.2 Å². The largest absolute Gasteiger partial charge is 0.471 e. The predicted octanol–water partition coefficient (Wildman–Crippen LogP) is 0.193. The Morgan fingerprint density at radius 3 is 2.48 bits per heavy atom. The molecule has 0 bridgehead atoms. The monoisotopic (exact) mass is 444 g/mol. The molecule has 2 aromatic heterocycles. The smallest absolute Gasteiger partial charge is 0.337 e. The molecule has 15 heteroatoms. The minimum Gasteiger partial charge on any atom is -0.471 e. The van der Waals surface area contributed by atoms with Crippen LogP contribution in [-0.2, 0) is 19.6 Å². The van der Waals surface area contributed by atoms with Crippen LogP contribution in [-0.4, -0.2) is 69.8 Å². The second-order valence-corrected chi connectivity index (χ2v) is 7.84. The van der Waals surface area contributed by atoms with Crippen molar-refractivity contribution in [1.29, 1.82) is 0 Å². The van der Waals surface area contributed by atoms with Gasteiger partial charge in [-0.25, -0.2) is 17.9 Å². The van der Waals surface area contributed by atoms with Crippen LogP contribution in [0.15, 0.2) is 21.5 Å². The molecule has 3 heterocycles. The van der Waals surface area contributed by atoms with E-state index in [0.29, 0.717) is 0 Å². The topological polar surface area (TPSA) is 154 Å². The van der Waals surface area contributed by atoms with Crippen LogP contribution in [0, 0.1) is 0 Å². The Labute approximate surface area is 169 Å². The molecule has 156 valence electrons. The van der Waals surface area contributed by atoms with E-state index < -0.39 is 16.1 Å². The van der Waals surface area contributed by atoms with Crippen molar-refractivity contribution in [2.24, 2.45) is 5.16 Å². The van der Waals surface area contributed by atoms with Crippen LogP contribution in [0.4, 0.5) is 10.7 Å². The summed E-state index contributed by atoms with van der Waals surface area (Å²) in [5.74, 6) is -0.153. The Morgan fingerprint density at radius 1 is 1.21 bits per heavy atom. The number of hydrogen-bond acceptors (Lipinski definition) is 12. The fourth-order valence-corrected chi connectivity index (χ4v) is 4.40. The number of nitrogens with zero attached hydrogens (tertiary/aromatic N) is 5. The van der Waals surface area contributed by atoms with Crippen molar-refractivity contribution >= 4 is 39.2 Å². The van der Waals surface area contributed by atoms with E-state index in [2.05, 4.69) is 20.1 Å². The fraction of sp³-hybridized carbons (Fsp3) is 0.357. The number of carbonyl (C=O) groups is 1. The molecule has 2 amide bonds. The number of amides is 2. The molecule has 1 N–H and O–H groups in total. The number of carbonyl (C=O) groups excluding carboxylic acids is 1. The van der Waals surface area contributed by atoms with Crippen LogP contribution < -0.4 is 19.1 Å². The van der Waals surface area contributed by atoms with Crippen LogP contribution >= 0.6 is 11.3 Å². The lowest BCUT2D eigenvalue weighted by molar-refractivity contribution is 0.0656. The predicted molar refractivity (Wildman–Crippen MR) is 99.8 cm³/mol. The van der Waals surface area contributed by atoms with E-state index in [0.717, 1.165) is 16.2 Å². The van der Waals surface area contributed by atoms with Crippen LogP contribution in [0.25, 0.3) is 0 Å². The SMILES string of the molecule is COc1nc(OC)nc(N(C)C(=O)NS(=O)(=O)c2ccsc2C2=NOCCO2)n1. The fourth-order valence-electron chi connectivity index (χ4n) is 2.07. The van der Waals surface area contributed by atoms with Crippen molar-refractivity contribution in [1.82, 2.24) is 19.7 Å². The van der Waals surface area contributed by atoms with Gasteiger partial charge in [0.2, 0.25) is 5.95 Å². The van der Waals surface area contributed by atoms with Gasteiger partial charge in [-0.3, -0.25) is 4.90 Å². The second kappa shape index (κ2) is 8.44. The van der Waals surface area contributed by atoms with Crippen molar-refractivity contribution in [3.05, 3.63) is 16.3 Å². The molecule has 29 heavy (non-hydrogen) atoms. The van der Waals surface area contributed by atoms with Gasteiger partial charge in [-0.15, -0.1) is 16.3 Å². The quantitative estimate of drug-likeness (QED) is 0.653. The summed E-state index contributed by atoms with van der Waals surface area (Å²) in [6.07, 6.45) is 0. The maximum Gasteiger partial charge on any atom is 0.337 e. The van der Waals surface area contributed by atoms with E-state index in [1.807, 2.05) is 4.72 Å². The summed E-state index contributed by atoms with van der Waals surface area (Å²) in [7, 11) is -0.347. The highest BCUT2D eigenvalue weighted by molar-refractivity contribution is 7.90. The first-order valence-corrected chi connectivity index (χ1v) is 10.3. The number of sulfonamides is 1. The summed E-state index contributed by atoms with van der Waals surface area (Å²) in [6, 6.07) is 0.0922. The summed E-state index contributed by atoms with van der Waals surface area (Å²) in [5.41, 5.74) is 0. The average Bonchev–Trinajstić information content (AvgIpc) is 3.24. The third-order valence-corrected chi connectivity index (χ3v) is 5.84. The first kappa shape index (κ1) is 20.5. The average molecular weight is 444 g/mol. The lowest BCUT2D eigenvalue weighted by Gasteiger charge is -2.17. The molecule has 0 aromatic carbocycles. The second-order valence-electron chi connectivity index (χ2n) is 5.27. The number of ether oxygens (including phenoxy) is 3. The van der Waals surface area contributed by atoms with Crippen molar-refractivity contribution in [2.75, 3.05) is 39.4 Å². The van der Waals surface area contributed by atoms with E-state index in [4.69, 9.17) is 19.0 Å². The van der Waals surface area contributed by atoms with Crippen molar-refractivity contribution in [2.45, 2.75) is 4.90 Å². The highest BCUT2D eigenvalue weighted by Gasteiger charge is 2.29. The molecule has 1 aliphatic heterocycles. The Balaban J connectivity index is 1.83. The van der Waals surface area contributed by atoms with Gasteiger partial charge in [0, 0.05) is 7.05 Å². The summed E-state index contributed by atoms with van der Waals surface area (Å²) < 4.78 is 42.6. The lowest BCUT2D eigenvalue weighted by Crippen LogP contribution is -2.41. The normalized spacial score (nSPS) is 13.6. The molecule has 3 rings (SSSR count). The minimum atomic E-state index is -4.26. The maximum atomic E-state index is 12.7. The van der Waals surface area contributed by atoms with Gasteiger partial charge in [0.05, 0.1) is 14.2 Å². The van der Waals surface area contributed by atoms with Crippen molar-refractivity contribution in [3.8, 4) is 12.0 Å². The number of thiophene rings is 1. The number of urea groups is 1. The van der Waals surface area contributed by atoms with Crippen molar-refractivity contribution in [3.63, 3.8) is 0 Å². The van der Waals surface area contributed by atoms with Crippen LogP contribution in [0.1, 0.15) is 4.88 Å². The van der Waals surface area contributed by atoms with Gasteiger partial charge < -0.3 is 19.0 Å². The summed E-state index contributed by atoms with van der Waals surface area (Å²) in [5, 5.41) is 5.24. The van der Waals surface area contributed by atoms with E-state index in [1.165, 1.54) is 32.7 Å². The third kappa shape index (κ3) is 4.45. The maximum absolute atomic E-state index is 12.7. The Bertz CT molecular complexity index is 1020. The van der Waals surface area contributed by atoms with Gasteiger partial charge in [-0.05, 0) is 16.6 Å². The molecule has 0 radical (unpaired) electrons. The van der Waals surface area contributed by atoms with Gasteiger partial charge in [-0.1, -0.05) is 0 Å². The zero-order valence-corrected chi connectivity index (χ0v) is 17.1. The molecule has 2 aromatic rings. The molecule has 0 saturated carbocycles. The van der Waals surface area contributed by atoms with Gasteiger partial charge in [0.15, 0.2) is 6.61 Å². The number of methoxy groups -OCH3 is 2. The van der Waals surface area contributed by atoms with E-state index in [1.54, 1.807) is 0 Å². The number of nitrogens with one attached hydrogen (secondary N) is 1. The molecular formula is C14H16N6O7S2. The number of aromatic nitrogens is 3. The first-order valence-electron chi connectivity index (χ1n) is 7.91. The Morgan fingerprint density at radius 2 is 1.90 bits per heavy atom. The lowest BCUT2D eigenvalue weighted by atomic mass is 10.4. The molecule has 13 nitrogen and oxygen atoms in total. The van der Waals surface area contributed by atoms with E-state index >= 15 is 0 Å². The van der Waals surface area contributed by atoms with E-state index in [-0.39, 0.29) is 46.9 Å². The summed E-state index contributed by atoms with van der Waals surface area (Å²) in [4.78, 5) is 29.9.